The Morgan fingerprint density at radius 3 is 2.90 bits per heavy atom. The molecule has 3 N–H and O–H groups in total. The van der Waals surface area contributed by atoms with Crippen LogP contribution in [0.5, 0.6) is 0 Å². The number of β-amino-alcohol motifs (C(OH)–C–C–N with tert-alkyl or cyclic N) is 1. The van der Waals surface area contributed by atoms with Crippen LogP contribution in [0, 0.1) is 5.82 Å². The van der Waals surface area contributed by atoms with Crippen LogP contribution < -0.4 is 5.32 Å². The van der Waals surface area contributed by atoms with Crippen LogP contribution >= 0.6 is 0 Å². The number of aromatic nitrogens is 2. The van der Waals surface area contributed by atoms with Crippen molar-refractivity contribution in [2.45, 2.75) is 31.9 Å². The van der Waals surface area contributed by atoms with Crippen molar-refractivity contribution in [2.24, 2.45) is 0 Å². The molecular formula is C22H25FN4O2. The van der Waals surface area contributed by atoms with E-state index in [1.807, 2.05) is 6.07 Å². The highest BCUT2D eigenvalue weighted by Gasteiger charge is 2.18. The number of aromatic amines is 1. The lowest BCUT2D eigenvalue weighted by Crippen LogP contribution is -2.42. The summed E-state index contributed by atoms with van der Waals surface area (Å²) in [7, 11) is 0. The molecule has 1 aliphatic rings. The van der Waals surface area contributed by atoms with Crippen molar-refractivity contribution in [1.29, 1.82) is 0 Å². The standard InChI is InChI=1S/C22H25FN4O2/c23-18-6-3-7-19-22(18)26-20(25-19)8-9-21(29)24-12-17(28)14-27-11-10-15-4-1-2-5-16(15)13-27/h1-7,17,28H,8-14H2,(H,24,29)(H,25,26)/t17-/m0/s1. The maximum absolute atomic E-state index is 13.7. The first-order chi connectivity index (χ1) is 14.1. The van der Waals surface area contributed by atoms with E-state index in [4.69, 9.17) is 0 Å². The number of amides is 1. The van der Waals surface area contributed by atoms with E-state index in [9.17, 15) is 14.3 Å². The van der Waals surface area contributed by atoms with Gasteiger partial charge in [-0.25, -0.2) is 9.37 Å². The van der Waals surface area contributed by atoms with Crippen LogP contribution in [0.3, 0.4) is 0 Å². The first-order valence-corrected chi connectivity index (χ1v) is 9.95. The number of para-hydroxylation sites is 1. The summed E-state index contributed by atoms with van der Waals surface area (Å²) in [6.45, 7) is 2.47. The number of hydrogen-bond acceptors (Lipinski definition) is 4. The second-order valence-electron chi connectivity index (χ2n) is 7.53. The van der Waals surface area contributed by atoms with Crippen LogP contribution in [-0.2, 0) is 24.2 Å². The molecule has 0 saturated carbocycles. The van der Waals surface area contributed by atoms with Gasteiger partial charge in [0.15, 0.2) is 5.82 Å². The summed E-state index contributed by atoms with van der Waals surface area (Å²) in [5.41, 5.74) is 3.59. The summed E-state index contributed by atoms with van der Waals surface area (Å²) in [5, 5.41) is 13.1. The third-order valence-electron chi connectivity index (χ3n) is 5.31. The summed E-state index contributed by atoms with van der Waals surface area (Å²) in [5.74, 6) is 0.0414. The van der Waals surface area contributed by atoms with Gasteiger partial charge in [-0.3, -0.25) is 9.69 Å². The molecule has 6 nitrogen and oxygen atoms in total. The number of nitrogens with zero attached hydrogens (tertiary/aromatic N) is 2. The minimum atomic E-state index is -0.621. The maximum atomic E-state index is 13.7. The van der Waals surface area contributed by atoms with Crippen LogP contribution in [0.25, 0.3) is 11.0 Å². The minimum absolute atomic E-state index is 0.158. The number of nitrogens with one attached hydrogen (secondary N) is 2. The van der Waals surface area contributed by atoms with E-state index in [-0.39, 0.29) is 24.7 Å². The number of carbonyl (C=O) groups is 1. The lowest BCUT2D eigenvalue weighted by atomic mass is 10.00. The highest BCUT2D eigenvalue weighted by Crippen LogP contribution is 2.18. The van der Waals surface area contributed by atoms with Crippen molar-refractivity contribution >= 4 is 16.9 Å². The fourth-order valence-electron chi connectivity index (χ4n) is 3.79. The molecule has 0 radical (unpaired) electrons. The maximum Gasteiger partial charge on any atom is 0.220 e. The highest BCUT2D eigenvalue weighted by atomic mass is 19.1. The van der Waals surface area contributed by atoms with Crippen LogP contribution in [0.2, 0.25) is 0 Å². The molecule has 2 aromatic carbocycles. The van der Waals surface area contributed by atoms with Crippen molar-refractivity contribution in [2.75, 3.05) is 19.6 Å². The molecule has 0 aliphatic carbocycles. The topological polar surface area (TPSA) is 81.2 Å². The van der Waals surface area contributed by atoms with Gasteiger partial charge >= 0.3 is 0 Å². The lowest BCUT2D eigenvalue weighted by Gasteiger charge is -2.30. The Labute approximate surface area is 168 Å². The Morgan fingerprint density at radius 2 is 2.07 bits per heavy atom. The van der Waals surface area contributed by atoms with Crippen molar-refractivity contribution < 1.29 is 14.3 Å². The lowest BCUT2D eigenvalue weighted by molar-refractivity contribution is -0.121. The number of aliphatic hydroxyl groups is 1. The molecular weight excluding hydrogens is 371 g/mol. The molecule has 1 aliphatic heterocycles. The van der Waals surface area contributed by atoms with Crippen molar-refractivity contribution in [1.82, 2.24) is 20.2 Å². The van der Waals surface area contributed by atoms with E-state index < -0.39 is 6.10 Å². The van der Waals surface area contributed by atoms with Gasteiger partial charge < -0.3 is 15.4 Å². The second kappa shape index (κ2) is 8.71. The third kappa shape index (κ3) is 4.81. The third-order valence-corrected chi connectivity index (χ3v) is 5.31. The normalized spacial score (nSPS) is 15.2. The summed E-state index contributed by atoms with van der Waals surface area (Å²) in [6.07, 6.45) is 0.974. The Balaban J connectivity index is 1.20. The van der Waals surface area contributed by atoms with Crippen LogP contribution in [0.4, 0.5) is 4.39 Å². The zero-order valence-corrected chi connectivity index (χ0v) is 16.2. The summed E-state index contributed by atoms with van der Waals surface area (Å²) < 4.78 is 13.7. The molecule has 29 heavy (non-hydrogen) atoms. The fraction of sp³-hybridized carbons (Fsp3) is 0.364. The molecule has 0 saturated heterocycles. The van der Waals surface area contributed by atoms with E-state index in [0.29, 0.717) is 29.8 Å². The zero-order valence-electron chi connectivity index (χ0n) is 16.2. The van der Waals surface area contributed by atoms with Gasteiger partial charge in [0, 0.05) is 39.0 Å². The molecule has 0 spiro atoms. The molecule has 3 aromatic rings. The van der Waals surface area contributed by atoms with Gasteiger partial charge in [-0.1, -0.05) is 30.3 Å². The number of benzene rings is 2. The monoisotopic (exact) mass is 396 g/mol. The van der Waals surface area contributed by atoms with Gasteiger partial charge in [0.05, 0.1) is 11.6 Å². The summed E-state index contributed by atoms with van der Waals surface area (Å²) >= 11 is 0. The highest BCUT2D eigenvalue weighted by molar-refractivity contribution is 5.77. The number of aliphatic hydroxyl groups excluding tert-OH is 1. The number of halogens is 1. The van der Waals surface area contributed by atoms with E-state index in [1.165, 1.54) is 17.2 Å². The van der Waals surface area contributed by atoms with Gasteiger partial charge in [-0.15, -0.1) is 0 Å². The number of carbonyl (C=O) groups excluding carboxylic acids is 1. The SMILES string of the molecule is O=C(CCc1nc2c(F)cccc2[nH]1)NC[C@H](O)CN1CCc2ccccc2C1. The number of aryl methyl sites for hydroxylation is 1. The largest absolute Gasteiger partial charge is 0.390 e. The molecule has 7 heteroatoms. The number of H-pyrrole nitrogens is 1. The zero-order chi connectivity index (χ0) is 20.2. The number of imidazole rings is 1. The minimum Gasteiger partial charge on any atom is -0.390 e. The van der Waals surface area contributed by atoms with Crippen molar-refractivity contribution in [3.05, 3.63) is 65.2 Å². The van der Waals surface area contributed by atoms with Crippen LogP contribution in [-0.4, -0.2) is 51.6 Å². The van der Waals surface area contributed by atoms with E-state index in [2.05, 4.69) is 38.4 Å². The fourth-order valence-corrected chi connectivity index (χ4v) is 3.79. The molecule has 1 amide bonds. The average Bonchev–Trinajstić information content (AvgIpc) is 3.15. The van der Waals surface area contributed by atoms with Gasteiger partial charge in [0.1, 0.15) is 11.3 Å². The summed E-state index contributed by atoms with van der Waals surface area (Å²) in [4.78, 5) is 21.6. The van der Waals surface area contributed by atoms with E-state index in [0.717, 1.165) is 19.5 Å². The van der Waals surface area contributed by atoms with E-state index in [1.54, 1.807) is 12.1 Å². The second-order valence-corrected chi connectivity index (χ2v) is 7.53. The molecule has 2 heterocycles. The summed E-state index contributed by atoms with van der Waals surface area (Å²) in [6, 6.07) is 13.1. The molecule has 4 rings (SSSR count). The Kier molecular flexibility index (Phi) is 5.87. The van der Waals surface area contributed by atoms with Gasteiger partial charge in [-0.2, -0.15) is 0 Å². The van der Waals surface area contributed by atoms with Crippen molar-refractivity contribution in [3.8, 4) is 0 Å². The quantitative estimate of drug-likeness (QED) is 0.572. The Hall–Kier alpha value is -2.77. The molecule has 152 valence electrons. The Bertz CT molecular complexity index is 1000. The molecule has 0 fully saturated rings. The predicted molar refractivity (Wildman–Crippen MR) is 109 cm³/mol. The number of hydrogen-bond donors (Lipinski definition) is 3. The number of rotatable bonds is 7. The molecule has 1 atom stereocenters. The molecule has 1 aromatic heterocycles. The van der Waals surface area contributed by atoms with Gasteiger partial charge in [0.2, 0.25) is 5.91 Å². The molecule has 0 bridgehead atoms. The van der Waals surface area contributed by atoms with Gasteiger partial charge in [0.25, 0.3) is 0 Å². The average molecular weight is 396 g/mol. The van der Waals surface area contributed by atoms with E-state index >= 15 is 0 Å². The Morgan fingerprint density at radius 1 is 1.24 bits per heavy atom. The number of fused-ring (bicyclic) bond motifs is 2. The van der Waals surface area contributed by atoms with Crippen LogP contribution in [0.15, 0.2) is 42.5 Å². The smallest absolute Gasteiger partial charge is 0.220 e. The van der Waals surface area contributed by atoms with Crippen molar-refractivity contribution in [3.63, 3.8) is 0 Å². The van der Waals surface area contributed by atoms with Gasteiger partial charge in [-0.05, 0) is 29.7 Å². The predicted octanol–water partition coefficient (Wildman–Crippen LogP) is 2.17. The first kappa shape index (κ1) is 19.5. The first-order valence-electron chi connectivity index (χ1n) is 9.95. The van der Waals surface area contributed by atoms with Crippen LogP contribution in [0.1, 0.15) is 23.4 Å². The molecule has 0 unspecified atom stereocenters.